The molecule has 0 atom stereocenters. The third-order valence-corrected chi connectivity index (χ3v) is 5.08. The molecule has 0 radical (unpaired) electrons. The maximum absolute atomic E-state index is 6.24. The Kier molecular flexibility index (Phi) is 3.63. The van der Waals surface area contributed by atoms with E-state index in [4.69, 9.17) is 15.2 Å². The molecule has 0 saturated heterocycles. The molecular formula is C17H25NO2. The van der Waals surface area contributed by atoms with Gasteiger partial charge in [0, 0.05) is 29.5 Å². The normalized spacial score (nSPS) is 20.4. The third-order valence-electron chi connectivity index (χ3n) is 5.08. The van der Waals surface area contributed by atoms with E-state index in [0.717, 1.165) is 24.5 Å². The molecule has 1 saturated carbocycles. The van der Waals surface area contributed by atoms with Crippen LogP contribution in [0.5, 0.6) is 11.5 Å². The molecule has 1 aromatic carbocycles. The first-order valence-electron chi connectivity index (χ1n) is 7.75. The molecule has 2 N–H and O–H groups in total. The summed E-state index contributed by atoms with van der Waals surface area (Å²) in [6, 6.07) is 2.12. The lowest BCUT2D eigenvalue weighted by molar-refractivity contribution is 0.285. The lowest BCUT2D eigenvalue weighted by Crippen LogP contribution is -2.38. The summed E-state index contributed by atoms with van der Waals surface area (Å²) in [5, 5.41) is 0. The quantitative estimate of drug-likeness (QED) is 0.922. The zero-order chi connectivity index (χ0) is 14.2. The van der Waals surface area contributed by atoms with Crippen LogP contribution < -0.4 is 15.2 Å². The van der Waals surface area contributed by atoms with Gasteiger partial charge in [0.1, 0.15) is 11.5 Å². The fourth-order valence-electron chi connectivity index (χ4n) is 4.06. The van der Waals surface area contributed by atoms with Crippen LogP contribution in [0.1, 0.15) is 48.8 Å². The third kappa shape index (κ3) is 1.99. The van der Waals surface area contributed by atoms with Gasteiger partial charge >= 0.3 is 0 Å². The molecule has 1 aliphatic carbocycles. The van der Waals surface area contributed by atoms with Crippen molar-refractivity contribution < 1.29 is 9.47 Å². The molecule has 0 spiro atoms. The van der Waals surface area contributed by atoms with Crippen LogP contribution in [0.2, 0.25) is 0 Å². The van der Waals surface area contributed by atoms with E-state index in [0.29, 0.717) is 6.54 Å². The van der Waals surface area contributed by atoms with Crippen LogP contribution in [0.15, 0.2) is 6.07 Å². The SMILES string of the molecule is COc1c(C)cc2c(c1C1(CN)CCCCC1)CCO2. The Morgan fingerprint density at radius 2 is 2.05 bits per heavy atom. The highest BCUT2D eigenvalue weighted by atomic mass is 16.5. The highest BCUT2D eigenvalue weighted by Crippen LogP contribution is 2.49. The Morgan fingerprint density at radius 1 is 1.30 bits per heavy atom. The van der Waals surface area contributed by atoms with E-state index in [9.17, 15) is 0 Å². The fourth-order valence-corrected chi connectivity index (χ4v) is 4.06. The van der Waals surface area contributed by atoms with Gasteiger partial charge in [-0.25, -0.2) is 0 Å². The van der Waals surface area contributed by atoms with Gasteiger partial charge in [-0.2, -0.15) is 0 Å². The second kappa shape index (κ2) is 5.28. The van der Waals surface area contributed by atoms with Gasteiger partial charge < -0.3 is 15.2 Å². The highest BCUT2D eigenvalue weighted by molar-refractivity contribution is 5.58. The van der Waals surface area contributed by atoms with Gasteiger partial charge in [-0.3, -0.25) is 0 Å². The molecule has 0 aromatic heterocycles. The van der Waals surface area contributed by atoms with E-state index in [2.05, 4.69) is 13.0 Å². The van der Waals surface area contributed by atoms with Gasteiger partial charge in [0.15, 0.2) is 0 Å². The predicted molar refractivity (Wildman–Crippen MR) is 80.7 cm³/mol. The molecule has 3 rings (SSSR count). The average molecular weight is 275 g/mol. The van der Waals surface area contributed by atoms with Crippen LogP contribution in [0.4, 0.5) is 0 Å². The smallest absolute Gasteiger partial charge is 0.126 e. The zero-order valence-corrected chi connectivity index (χ0v) is 12.6. The molecule has 0 bridgehead atoms. The van der Waals surface area contributed by atoms with Crippen LogP contribution in [0.25, 0.3) is 0 Å². The summed E-state index contributed by atoms with van der Waals surface area (Å²) in [7, 11) is 1.78. The summed E-state index contributed by atoms with van der Waals surface area (Å²) in [6.07, 6.45) is 7.21. The molecule has 1 aromatic rings. The summed E-state index contributed by atoms with van der Waals surface area (Å²) in [6.45, 7) is 3.60. The van der Waals surface area contributed by atoms with E-state index in [-0.39, 0.29) is 5.41 Å². The molecule has 3 heteroatoms. The summed E-state index contributed by atoms with van der Waals surface area (Å²) >= 11 is 0. The molecule has 3 nitrogen and oxygen atoms in total. The Morgan fingerprint density at radius 3 is 2.70 bits per heavy atom. The molecule has 0 unspecified atom stereocenters. The van der Waals surface area contributed by atoms with Crippen molar-refractivity contribution in [2.24, 2.45) is 5.73 Å². The summed E-state index contributed by atoms with van der Waals surface area (Å²) in [5.74, 6) is 2.10. The zero-order valence-electron chi connectivity index (χ0n) is 12.6. The monoisotopic (exact) mass is 275 g/mol. The van der Waals surface area contributed by atoms with Crippen molar-refractivity contribution in [2.75, 3.05) is 20.3 Å². The van der Waals surface area contributed by atoms with Gasteiger partial charge in [0.05, 0.1) is 13.7 Å². The largest absolute Gasteiger partial charge is 0.496 e. The van der Waals surface area contributed by atoms with Crippen LogP contribution >= 0.6 is 0 Å². The first-order chi connectivity index (χ1) is 9.72. The second-order valence-corrected chi connectivity index (χ2v) is 6.22. The first-order valence-corrected chi connectivity index (χ1v) is 7.75. The maximum atomic E-state index is 6.24. The molecule has 20 heavy (non-hydrogen) atoms. The minimum Gasteiger partial charge on any atom is -0.496 e. The van der Waals surface area contributed by atoms with Crippen molar-refractivity contribution in [1.29, 1.82) is 0 Å². The molecule has 1 aliphatic heterocycles. The number of nitrogens with two attached hydrogens (primary N) is 1. The number of methoxy groups -OCH3 is 1. The number of ether oxygens (including phenoxy) is 2. The van der Waals surface area contributed by atoms with E-state index >= 15 is 0 Å². The number of hydrogen-bond acceptors (Lipinski definition) is 3. The van der Waals surface area contributed by atoms with Crippen LogP contribution in [-0.2, 0) is 11.8 Å². The number of fused-ring (bicyclic) bond motifs is 1. The van der Waals surface area contributed by atoms with E-state index in [1.807, 2.05) is 0 Å². The van der Waals surface area contributed by atoms with Crippen LogP contribution in [0, 0.1) is 6.92 Å². The first kappa shape index (κ1) is 13.7. The molecule has 2 aliphatic rings. The van der Waals surface area contributed by atoms with Crippen LogP contribution in [-0.4, -0.2) is 20.3 Å². The van der Waals surface area contributed by atoms with Gasteiger partial charge in [-0.05, 0) is 31.4 Å². The lowest BCUT2D eigenvalue weighted by Gasteiger charge is -2.39. The van der Waals surface area contributed by atoms with E-state index in [1.54, 1.807) is 7.11 Å². The molecule has 1 heterocycles. The Hall–Kier alpha value is -1.22. The van der Waals surface area contributed by atoms with Crippen molar-refractivity contribution >= 4 is 0 Å². The average Bonchev–Trinajstić information content (AvgIpc) is 2.94. The summed E-state index contributed by atoms with van der Waals surface area (Å²) in [4.78, 5) is 0. The second-order valence-electron chi connectivity index (χ2n) is 6.22. The summed E-state index contributed by atoms with van der Waals surface area (Å²) in [5.41, 5.74) is 10.2. The molecule has 0 amide bonds. The van der Waals surface area contributed by atoms with Gasteiger partial charge in [0.25, 0.3) is 0 Å². The lowest BCUT2D eigenvalue weighted by atomic mass is 9.67. The standard InChI is InChI=1S/C17H25NO2/c1-12-10-14-13(6-9-20-14)15(16(12)19-2)17(11-18)7-4-3-5-8-17/h10H,3-9,11,18H2,1-2H3. The van der Waals surface area contributed by atoms with Crippen molar-refractivity contribution in [2.45, 2.75) is 50.9 Å². The van der Waals surface area contributed by atoms with E-state index < -0.39 is 0 Å². The van der Waals surface area contributed by atoms with Crippen molar-refractivity contribution in [3.63, 3.8) is 0 Å². The van der Waals surface area contributed by atoms with Gasteiger partial charge in [-0.1, -0.05) is 19.3 Å². The number of rotatable bonds is 3. The molecular weight excluding hydrogens is 250 g/mol. The van der Waals surface area contributed by atoms with Gasteiger partial charge in [-0.15, -0.1) is 0 Å². The number of benzene rings is 1. The predicted octanol–water partition coefficient (Wildman–Crippen LogP) is 3.10. The van der Waals surface area contributed by atoms with E-state index in [1.165, 1.54) is 48.8 Å². The van der Waals surface area contributed by atoms with Crippen LogP contribution in [0.3, 0.4) is 0 Å². The Balaban J connectivity index is 2.20. The maximum Gasteiger partial charge on any atom is 0.126 e. The fraction of sp³-hybridized carbons (Fsp3) is 0.647. The molecule has 110 valence electrons. The Bertz CT molecular complexity index is 500. The van der Waals surface area contributed by atoms with Crippen molar-refractivity contribution in [3.8, 4) is 11.5 Å². The number of aryl methyl sites for hydroxylation is 1. The topological polar surface area (TPSA) is 44.5 Å². The Labute approximate surface area is 121 Å². The minimum atomic E-state index is 0.0907. The number of hydrogen-bond donors (Lipinski definition) is 1. The summed E-state index contributed by atoms with van der Waals surface area (Å²) < 4.78 is 11.6. The highest BCUT2D eigenvalue weighted by Gasteiger charge is 2.39. The minimum absolute atomic E-state index is 0.0907. The van der Waals surface area contributed by atoms with Gasteiger partial charge in [0.2, 0.25) is 0 Å². The van der Waals surface area contributed by atoms with Crippen molar-refractivity contribution in [1.82, 2.24) is 0 Å². The van der Waals surface area contributed by atoms with Crippen molar-refractivity contribution in [3.05, 3.63) is 22.8 Å². The molecule has 1 fully saturated rings.